The number of aliphatic hydroxyl groups is 1. The molecular weight excluding hydrogens is 743 g/mol. The van der Waals surface area contributed by atoms with Gasteiger partial charge in [-0.15, -0.1) is 0 Å². The van der Waals surface area contributed by atoms with Crippen LogP contribution in [0.5, 0.6) is 23.0 Å². The number of carbonyl (C=O) groups excluding carboxylic acids is 2. The highest BCUT2D eigenvalue weighted by Gasteiger charge is 2.50. The van der Waals surface area contributed by atoms with Crippen molar-refractivity contribution in [3.05, 3.63) is 82.4 Å². The molecule has 3 aromatic rings. The molecule has 5 atom stereocenters. The molecule has 1 aliphatic rings. The van der Waals surface area contributed by atoms with Gasteiger partial charge in [-0.3, -0.25) is 4.79 Å². The van der Waals surface area contributed by atoms with E-state index in [1.807, 2.05) is 62.4 Å². The Hall–Kier alpha value is -4.41. The number of benzene rings is 3. The summed E-state index contributed by atoms with van der Waals surface area (Å²) in [6, 6.07) is 18.8. The summed E-state index contributed by atoms with van der Waals surface area (Å²) in [5.41, 5.74) is 2.29. The lowest BCUT2D eigenvalue weighted by molar-refractivity contribution is -0.162. The maximum Gasteiger partial charge on any atom is 0.341 e. The lowest BCUT2D eigenvalue weighted by atomic mass is 9.73. The fraction of sp³-hybridized carbons (Fsp3) is 0.533. The van der Waals surface area contributed by atoms with Gasteiger partial charge in [-0.2, -0.15) is 5.26 Å². The Balaban J connectivity index is 1.65. The van der Waals surface area contributed by atoms with Gasteiger partial charge in [-0.05, 0) is 71.6 Å². The largest absolute Gasteiger partial charge is 0.497 e. The molecule has 310 valence electrons. The van der Waals surface area contributed by atoms with Crippen molar-refractivity contribution < 1.29 is 47.5 Å². The number of esters is 1. The number of hydrogen-bond acceptors (Lipinski definition) is 11. The number of aliphatic hydroxyl groups excluding tert-OH is 1. The highest BCUT2D eigenvalue weighted by Crippen LogP contribution is 2.46. The Morgan fingerprint density at radius 3 is 1.95 bits per heavy atom. The minimum Gasteiger partial charge on any atom is -0.497 e. The first-order chi connectivity index (χ1) is 26.8. The van der Waals surface area contributed by atoms with Crippen molar-refractivity contribution in [3.8, 4) is 29.1 Å². The number of nitriles is 1. The average molecular weight is 804 g/mol. The monoisotopic (exact) mass is 803 g/mol. The quantitative estimate of drug-likeness (QED) is 0.104. The smallest absolute Gasteiger partial charge is 0.341 e. The predicted molar refractivity (Wildman–Crippen MR) is 220 cm³/mol. The van der Waals surface area contributed by atoms with Gasteiger partial charge in [-0.25, -0.2) is 4.79 Å². The minimum absolute atomic E-state index is 0.0230. The molecule has 0 aromatic heterocycles. The zero-order valence-corrected chi connectivity index (χ0v) is 36.7. The number of hydrogen-bond donors (Lipinski definition) is 1. The van der Waals surface area contributed by atoms with Gasteiger partial charge < -0.3 is 38.0 Å². The topological polar surface area (TPSA) is 143 Å². The van der Waals surface area contributed by atoms with Gasteiger partial charge in [0.2, 0.25) is 0 Å². The second kappa shape index (κ2) is 18.9. The molecule has 1 saturated heterocycles. The van der Waals surface area contributed by atoms with Crippen LogP contribution in [0.1, 0.15) is 87.0 Å². The van der Waals surface area contributed by atoms with E-state index in [9.17, 15) is 20.0 Å². The summed E-state index contributed by atoms with van der Waals surface area (Å²) in [5, 5.41) is 21.7. The molecule has 4 rings (SSSR count). The molecular formula is C45H61NO10Si. The van der Waals surface area contributed by atoms with Crippen LogP contribution in [-0.2, 0) is 38.3 Å². The van der Waals surface area contributed by atoms with E-state index in [1.54, 1.807) is 34.1 Å². The molecule has 1 aliphatic heterocycles. The summed E-state index contributed by atoms with van der Waals surface area (Å²) in [5.74, 6) is 0.322. The third-order valence-electron chi connectivity index (χ3n) is 11.8. The van der Waals surface area contributed by atoms with Gasteiger partial charge in [0.1, 0.15) is 53.7 Å². The van der Waals surface area contributed by atoms with Crippen molar-refractivity contribution in [3.63, 3.8) is 0 Å². The number of rotatable bonds is 17. The lowest BCUT2D eigenvalue weighted by Crippen LogP contribution is -2.56. The van der Waals surface area contributed by atoms with Gasteiger partial charge in [0, 0.05) is 36.7 Å². The fourth-order valence-electron chi connectivity index (χ4n) is 6.63. The van der Waals surface area contributed by atoms with Gasteiger partial charge in [0.25, 0.3) is 0 Å². The van der Waals surface area contributed by atoms with E-state index < -0.39 is 43.9 Å². The molecule has 1 N–H and O–H groups in total. The first-order valence-corrected chi connectivity index (χ1v) is 22.4. The highest BCUT2D eigenvalue weighted by atomic mass is 28.4. The Morgan fingerprint density at radius 1 is 0.947 bits per heavy atom. The SMILES string of the molecule is COC(=O)c1c(OCc2ccc(OC)cc2)cc(OCc2ccc(OC)cc2)c(C)c1C[C@@H](O)[C@H](C)C(=O)C[C@H]1O[C@H](C#N)C[C@@H](O[Si](C)(C)C(C)(C)C)C1(C)C. The molecule has 3 aromatic carbocycles. The molecule has 1 fully saturated rings. The number of nitrogens with zero attached hydrogens (tertiary/aromatic N) is 1. The van der Waals surface area contributed by atoms with Crippen molar-refractivity contribution in [2.75, 3.05) is 21.3 Å². The van der Waals surface area contributed by atoms with Crippen LogP contribution >= 0.6 is 0 Å². The number of methoxy groups -OCH3 is 3. The zero-order chi connectivity index (χ0) is 42.3. The Kier molecular flexibility index (Phi) is 15.0. The molecule has 0 aliphatic carbocycles. The van der Waals surface area contributed by atoms with Crippen LogP contribution in [0.25, 0.3) is 0 Å². The van der Waals surface area contributed by atoms with E-state index >= 15 is 0 Å². The lowest BCUT2D eigenvalue weighted by Gasteiger charge is -2.50. The van der Waals surface area contributed by atoms with Crippen molar-refractivity contribution >= 4 is 20.1 Å². The van der Waals surface area contributed by atoms with Gasteiger partial charge in [0.15, 0.2) is 8.32 Å². The second-order valence-electron chi connectivity index (χ2n) is 17.0. The molecule has 0 saturated carbocycles. The normalized spacial score (nSPS) is 19.1. The molecule has 11 nitrogen and oxygen atoms in total. The number of ether oxygens (including phenoxy) is 6. The first kappa shape index (κ1) is 45.3. The zero-order valence-electron chi connectivity index (χ0n) is 35.7. The van der Waals surface area contributed by atoms with Crippen LogP contribution in [0, 0.1) is 29.6 Å². The van der Waals surface area contributed by atoms with E-state index in [4.69, 9.17) is 32.8 Å². The maximum absolute atomic E-state index is 14.1. The molecule has 12 heteroatoms. The second-order valence-corrected chi connectivity index (χ2v) is 21.8. The molecule has 0 amide bonds. The summed E-state index contributed by atoms with van der Waals surface area (Å²) < 4.78 is 41.6. The maximum atomic E-state index is 14.1. The van der Waals surface area contributed by atoms with Crippen molar-refractivity contribution in [1.29, 1.82) is 5.26 Å². The Bertz CT molecular complexity index is 1880. The number of carbonyl (C=O) groups is 2. The van der Waals surface area contributed by atoms with Gasteiger partial charge >= 0.3 is 5.97 Å². The summed E-state index contributed by atoms with van der Waals surface area (Å²) in [7, 11) is 2.25. The predicted octanol–water partition coefficient (Wildman–Crippen LogP) is 8.55. The third kappa shape index (κ3) is 11.0. The van der Waals surface area contributed by atoms with E-state index in [2.05, 4.69) is 39.9 Å². The van der Waals surface area contributed by atoms with Crippen molar-refractivity contribution in [2.24, 2.45) is 11.3 Å². The van der Waals surface area contributed by atoms with E-state index in [0.717, 1.165) is 11.1 Å². The standard InChI is InChI=1S/C45H61NO10Si/c1-28-35(22-36(47)29(2)37(48)23-40-45(6,7)41(21-34(25-46)55-40)56-57(11,12)44(3,4)5)42(43(49)52-10)39(54-27-31-15-19-33(51-9)20-16-31)24-38(28)53-26-30-13-17-32(50-8)18-14-30/h13-20,24,29,34,36,40-41,47H,21-23,26-27H2,1-12H3/t29-,34-,36+,40+,41+/m0/s1. The Morgan fingerprint density at radius 2 is 1.47 bits per heavy atom. The molecule has 0 radical (unpaired) electrons. The highest BCUT2D eigenvalue weighted by molar-refractivity contribution is 6.74. The molecule has 57 heavy (non-hydrogen) atoms. The number of ketones is 1. The summed E-state index contributed by atoms with van der Waals surface area (Å²) in [6.07, 6.45) is -2.53. The van der Waals surface area contributed by atoms with E-state index in [-0.39, 0.29) is 54.3 Å². The van der Waals surface area contributed by atoms with Crippen LogP contribution < -0.4 is 18.9 Å². The Labute approximate surface area is 339 Å². The van der Waals surface area contributed by atoms with E-state index in [1.165, 1.54) is 7.11 Å². The molecule has 0 unspecified atom stereocenters. The van der Waals surface area contributed by atoms with Gasteiger partial charge in [-0.1, -0.05) is 65.8 Å². The summed E-state index contributed by atoms with van der Waals surface area (Å²) >= 11 is 0. The summed E-state index contributed by atoms with van der Waals surface area (Å²) in [6.45, 7) is 18.7. The van der Waals surface area contributed by atoms with Crippen LogP contribution in [-0.4, -0.2) is 70.9 Å². The van der Waals surface area contributed by atoms with Crippen LogP contribution in [0.2, 0.25) is 18.1 Å². The van der Waals surface area contributed by atoms with Crippen LogP contribution in [0.4, 0.5) is 0 Å². The van der Waals surface area contributed by atoms with Gasteiger partial charge in [0.05, 0.1) is 45.7 Å². The van der Waals surface area contributed by atoms with Crippen LogP contribution in [0.15, 0.2) is 54.6 Å². The molecule has 0 spiro atoms. The number of Topliss-reactive ketones (excluding diaryl/α,β-unsaturated/α-hetero) is 1. The average Bonchev–Trinajstić information content (AvgIpc) is 3.18. The van der Waals surface area contributed by atoms with E-state index in [0.29, 0.717) is 34.8 Å². The van der Waals surface area contributed by atoms with Crippen molar-refractivity contribution in [2.45, 2.75) is 123 Å². The molecule has 0 bridgehead atoms. The first-order valence-electron chi connectivity index (χ1n) is 19.5. The fourth-order valence-corrected chi connectivity index (χ4v) is 8.09. The van der Waals surface area contributed by atoms with Crippen LogP contribution in [0.3, 0.4) is 0 Å². The van der Waals surface area contributed by atoms with Crippen molar-refractivity contribution in [1.82, 2.24) is 0 Å². The summed E-state index contributed by atoms with van der Waals surface area (Å²) in [4.78, 5) is 27.6. The minimum atomic E-state index is -2.23. The third-order valence-corrected chi connectivity index (χ3v) is 16.3. The molecule has 1 heterocycles.